The topological polar surface area (TPSA) is 90.2 Å². The third-order valence-corrected chi connectivity index (χ3v) is 12.7. The van der Waals surface area contributed by atoms with Crippen molar-refractivity contribution in [3.8, 4) is 6.07 Å². The second kappa shape index (κ2) is 8.85. The Morgan fingerprint density at radius 3 is 2.38 bits per heavy atom. The molecule has 0 aromatic carbocycles. The molecule has 220 valence electrons. The number of ketones is 1. The van der Waals surface area contributed by atoms with Crippen LogP contribution in [0.1, 0.15) is 92.9 Å². The van der Waals surface area contributed by atoms with E-state index in [4.69, 9.17) is 0 Å². The zero-order valence-electron chi connectivity index (χ0n) is 24.6. The highest BCUT2D eigenvalue weighted by Gasteiger charge is 2.70. The molecule has 0 radical (unpaired) electrons. The number of nitrogens with zero attached hydrogens (tertiary/aromatic N) is 1. The average molecular weight is 561 g/mol. The van der Waals surface area contributed by atoms with Gasteiger partial charge in [0.2, 0.25) is 5.91 Å². The molecule has 8 heteroatoms. The zero-order valence-corrected chi connectivity index (χ0v) is 24.6. The van der Waals surface area contributed by atoms with E-state index in [1.165, 1.54) is 0 Å². The monoisotopic (exact) mass is 560 g/mol. The summed E-state index contributed by atoms with van der Waals surface area (Å²) in [6.45, 7) is 11.4. The third-order valence-electron chi connectivity index (χ3n) is 12.7. The molecular weight excluding hydrogens is 517 g/mol. The van der Waals surface area contributed by atoms with Crippen molar-refractivity contribution in [1.82, 2.24) is 5.32 Å². The Hall–Kier alpha value is -2.30. The molecule has 0 saturated heterocycles. The first-order valence-electron chi connectivity index (χ1n) is 14.8. The van der Waals surface area contributed by atoms with Crippen LogP contribution in [0.5, 0.6) is 0 Å². The van der Waals surface area contributed by atoms with Crippen molar-refractivity contribution in [2.24, 2.45) is 50.7 Å². The van der Waals surface area contributed by atoms with E-state index in [2.05, 4.69) is 46.0 Å². The second-order valence-corrected chi connectivity index (χ2v) is 15.1. The predicted octanol–water partition coefficient (Wildman–Crippen LogP) is 7.20. The maximum absolute atomic E-state index is 14.4. The zero-order chi connectivity index (χ0) is 29.7. The Balaban J connectivity index is 1.61. The summed E-state index contributed by atoms with van der Waals surface area (Å²) in [4.78, 5) is 28.0. The van der Waals surface area contributed by atoms with Gasteiger partial charge in [-0.1, -0.05) is 47.1 Å². The Kier molecular flexibility index (Phi) is 6.46. The van der Waals surface area contributed by atoms with Crippen LogP contribution in [-0.4, -0.2) is 29.5 Å². The number of alkyl halides is 3. The second-order valence-electron chi connectivity index (χ2n) is 15.1. The Labute approximate surface area is 235 Å². The van der Waals surface area contributed by atoms with Gasteiger partial charge in [0.05, 0.1) is 17.1 Å². The summed E-state index contributed by atoms with van der Waals surface area (Å²) in [7, 11) is 0. The number of halogens is 3. The molecule has 0 aliphatic heterocycles. The lowest BCUT2D eigenvalue weighted by molar-refractivity contribution is -0.181. The van der Waals surface area contributed by atoms with Crippen LogP contribution in [0.15, 0.2) is 23.0 Å². The molecular formula is C32H43F3N2O3. The number of hydrogen-bond acceptors (Lipinski definition) is 4. The summed E-state index contributed by atoms with van der Waals surface area (Å²) in [5, 5.41) is 22.8. The van der Waals surface area contributed by atoms with Crippen LogP contribution in [0.25, 0.3) is 0 Å². The highest BCUT2D eigenvalue weighted by atomic mass is 19.4. The lowest BCUT2D eigenvalue weighted by atomic mass is 9.34. The molecule has 3 fully saturated rings. The van der Waals surface area contributed by atoms with E-state index in [1.54, 1.807) is 6.08 Å². The maximum Gasteiger partial charge on any atom is 0.405 e. The van der Waals surface area contributed by atoms with Crippen molar-refractivity contribution >= 4 is 11.7 Å². The molecule has 0 bridgehead atoms. The van der Waals surface area contributed by atoms with Crippen molar-refractivity contribution in [3.63, 3.8) is 0 Å². The van der Waals surface area contributed by atoms with Crippen molar-refractivity contribution in [2.75, 3.05) is 6.54 Å². The van der Waals surface area contributed by atoms with Gasteiger partial charge in [-0.2, -0.15) is 18.4 Å². The average Bonchev–Trinajstić information content (AvgIpc) is 2.85. The molecule has 0 spiro atoms. The number of carbonyl (C=O) groups is 2. The first kappa shape index (κ1) is 29.2. The molecule has 8 atom stereocenters. The van der Waals surface area contributed by atoms with Crippen LogP contribution in [0.2, 0.25) is 0 Å². The fraction of sp³-hybridized carbons (Fsp3) is 0.781. The van der Waals surface area contributed by atoms with Crippen molar-refractivity contribution in [2.45, 2.75) is 99.1 Å². The number of fused-ring (bicyclic) bond motifs is 7. The van der Waals surface area contributed by atoms with Crippen LogP contribution in [0.3, 0.4) is 0 Å². The minimum Gasteiger partial charge on any atom is -0.511 e. The Morgan fingerprint density at radius 1 is 1.10 bits per heavy atom. The number of aliphatic hydroxyl groups is 1. The summed E-state index contributed by atoms with van der Waals surface area (Å²) in [6.07, 6.45) is 2.22. The number of amides is 1. The van der Waals surface area contributed by atoms with E-state index in [9.17, 15) is 33.1 Å². The molecule has 0 heterocycles. The van der Waals surface area contributed by atoms with Gasteiger partial charge >= 0.3 is 6.18 Å². The molecule has 0 aromatic heterocycles. The summed E-state index contributed by atoms with van der Waals surface area (Å²) >= 11 is 0. The molecule has 1 amide bonds. The van der Waals surface area contributed by atoms with Crippen LogP contribution in [0, 0.1) is 62.1 Å². The number of carbonyl (C=O) groups excluding carboxylic acids is 2. The lowest BCUT2D eigenvalue weighted by Gasteiger charge is -2.68. The van der Waals surface area contributed by atoms with E-state index >= 15 is 0 Å². The summed E-state index contributed by atoms with van der Waals surface area (Å²) in [5.74, 6) is -1.33. The van der Waals surface area contributed by atoms with Gasteiger partial charge in [0.25, 0.3) is 0 Å². The molecule has 0 aromatic rings. The molecule has 2 unspecified atom stereocenters. The van der Waals surface area contributed by atoms with E-state index in [-0.39, 0.29) is 40.1 Å². The minimum absolute atomic E-state index is 0.0304. The highest BCUT2D eigenvalue weighted by Crippen LogP contribution is 2.74. The van der Waals surface area contributed by atoms with Crippen LogP contribution >= 0.6 is 0 Å². The number of allylic oxidation sites excluding steroid dienone is 4. The van der Waals surface area contributed by atoms with Gasteiger partial charge in [-0.15, -0.1) is 0 Å². The molecule has 40 heavy (non-hydrogen) atoms. The van der Waals surface area contributed by atoms with Gasteiger partial charge < -0.3 is 10.4 Å². The normalized spacial score (nSPS) is 44.3. The van der Waals surface area contributed by atoms with Crippen molar-refractivity contribution < 1.29 is 27.9 Å². The van der Waals surface area contributed by atoms with Gasteiger partial charge in [0.1, 0.15) is 12.3 Å². The maximum atomic E-state index is 14.4. The van der Waals surface area contributed by atoms with Crippen LogP contribution in [-0.2, 0) is 9.59 Å². The number of hydrogen-bond donors (Lipinski definition) is 2. The smallest absolute Gasteiger partial charge is 0.405 e. The van der Waals surface area contributed by atoms with E-state index in [0.29, 0.717) is 37.7 Å². The Bertz CT molecular complexity index is 1240. The number of nitrogens with one attached hydrogen (secondary N) is 1. The number of aliphatic hydroxyl groups excluding tert-OH is 1. The lowest BCUT2D eigenvalue weighted by Crippen LogP contribution is -2.66. The van der Waals surface area contributed by atoms with E-state index in [1.807, 2.05) is 6.92 Å². The minimum atomic E-state index is -4.50. The number of nitriles is 1. The molecule has 5 aliphatic carbocycles. The standard InChI is InChI=1S/C32H43F3N2O3/c1-18-20-7-8-29(5)23(28(20,4)14-19(16-36)25(18)39)13-22(38)24-21-15-27(2,3)9-11-31(21,12-10-30(24,29)6)26(40)37-17-32(33,34)35/h13,18,20-21,24,39H,7-12,14-15,17H2,1-6H3,(H,37,40)/t18-,20-,21?,24?,28-,29+,30+,31-/m0/s1. The Morgan fingerprint density at radius 2 is 1.75 bits per heavy atom. The summed E-state index contributed by atoms with van der Waals surface area (Å²) in [5.41, 5.74) is -1.00. The fourth-order valence-corrected chi connectivity index (χ4v) is 10.3. The van der Waals surface area contributed by atoms with Gasteiger partial charge in [-0.05, 0) is 90.9 Å². The fourth-order valence-electron chi connectivity index (χ4n) is 10.3. The third kappa shape index (κ3) is 3.92. The molecule has 5 aliphatic rings. The van der Waals surface area contributed by atoms with Gasteiger partial charge in [0, 0.05) is 11.8 Å². The first-order chi connectivity index (χ1) is 18.4. The summed E-state index contributed by atoms with van der Waals surface area (Å²) < 4.78 is 39.4. The quantitative estimate of drug-likeness (QED) is 0.374. The largest absolute Gasteiger partial charge is 0.511 e. The number of rotatable bonds is 2. The van der Waals surface area contributed by atoms with Crippen molar-refractivity contribution in [1.29, 1.82) is 5.26 Å². The molecule has 3 saturated carbocycles. The summed E-state index contributed by atoms with van der Waals surface area (Å²) in [6, 6.07) is 2.21. The van der Waals surface area contributed by atoms with Crippen LogP contribution in [0.4, 0.5) is 13.2 Å². The van der Waals surface area contributed by atoms with Gasteiger partial charge in [0.15, 0.2) is 5.78 Å². The first-order valence-corrected chi connectivity index (χ1v) is 14.8. The SMILES string of the molecule is C[C@@H]1C(O)=C(C#N)C[C@]2(C)C3=CC(=O)C4C5CC(C)(C)CC[C@]5(C(=O)NCC(F)(F)F)CC[C@@]4(C)[C@]3(C)CC[C@@H]12. The molecule has 2 N–H and O–H groups in total. The predicted molar refractivity (Wildman–Crippen MR) is 145 cm³/mol. The van der Waals surface area contributed by atoms with Crippen molar-refractivity contribution in [3.05, 3.63) is 23.0 Å². The van der Waals surface area contributed by atoms with E-state index < -0.39 is 40.8 Å². The highest BCUT2D eigenvalue weighted by molar-refractivity contribution is 5.96. The van der Waals surface area contributed by atoms with Gasteiger partial charge in [-0.25, -0.2) is 0 Å². The molecule has 5 rings (SSSR count). The molecule has 5 nitrogen and oxygen atoms in total. The van der Waals surface area contributed by atoms with Gasteiger partial charge in [-0.3, -0.25) is 9.59 Å². The van der Waals surface area contributed by atoms with E-state index in [0.717, 1.165) is 24.8 Å². The van der Waals surface area contributed by atoms with Crippen LogP contribution < -0.4 is 5.32 Å².